The zero-order valence-corrected chi connectivity index (χ0v) is 10.4. The van der Waals surface area contributed by atoms with Crippen LogP contribution in [0.15, 0.2) is 0 Å². The summed E-state index contributed by atoms with van der Waals surface area (Å²) < 4.78 is 0. The topological polar surface area (TPSA) is 15.3 Å². The molecule has 1 rings (SSSR count). The van der Waals surface area contributed by atoms with E-state index < -0.39 is 0 Å². The normalized spacial score (nSPS) is 28.3. The van der Waals surface area contributed by atoms with Crippen molar-refractivity contribution in [3.05, 3.63) is 0 Å². The molecule has 2 nitrogen and oxygen atoms in total. The van der Waals surface area contributed by atoms with Gasteiger partial charge < -0.3 is 5.32 Å². The predicted octanol–water partition coefficient (Wildman–Crippen LogP) is 2.10. The Morgan fingerprint density at radius 3 is 2.57 bits per heavy atom. The fourth-order valence-electron chi connectivity index (χ4n) is 2.61. The lowest BCUT2D eigenvalue weighted by molar-refractivity contribution is 0.0361. The Hall–Kier alpha value is -0.0800. The molecule has 1 aliphatic rings. The summed E-state index contributed by atoms with van der Waals surface area (Å²) in [6, 6.07) is 0.648. The second-order valence-corrected chi connectivity index (χ2v) is 5.48. The molecule has 1 atom stereocenters. The Labute approximate surface area is 89.1 Å². The molecule has 84 valence electrons. The molecule has 0 radical (unpaired) electrons. The molecule has 0 aromatic heterocycles. The van der Waals surface area contributed by atoms with E-state index in [9.17, 15) is 0 Å². The van der Waals surface area contributed by atoms with Crippen molar-refractivity contribution in [3.8, 4) is 0 Å². The Balaban J connectivity index is 2.65. The van der Waals surface area contributed by atoms with E-state index >= 15 is 0 Å². The highest BCUT2D eigenvalue weighted by atomic mass is 15.2. The smallest absolute Gasteiger partial charge is 0.0306 e. The predicted molar refractivity (Wildman–Crippen MR) is 62.6 cm³/mol. The van der Waals surface area contributed by atoms with Crippen LogP contribution in [-0.2, 0) is 0 Å². The van der Waals surface area contributed by atoms with Gasteiger partial charge in [0.15, 0.2) is 0 Å². The number of nitrogens with one attached hydrogen (secondary N) is 1. The Kier molecular flexibility index (Phi) is 3.96. The van der Waals surface area contributed by atoms with Crippen molar-refractivity contribution in [3.63, 3.8) is 0 Å². The van der Waals surface area contributed by atoms with Gasteiger partial charge in [0.25, 0.3) is 0 Å². The van der Waals surface area contributed by atoms with Crippen LogP contribution in [0.2, 0.25) is 0 Å². The van der Waals surface area contributed by atoms with Crippen molar-refractivity contribution in [2.24, 2.45) is 5.92 Å². The number of nitrogens with zero attached hydrogens (tertiary/aromatic N) is 1. The summed E-state index contributed by atoms with van der Waals surface area (Å²) in [6.07, 6.45) is 2.65. The molecule has 1 unspecified atom stereocenters. The number of likely N-dealkylation sites (tertiary alicyclic amines) is 1. The number of hydrogen-bond donors (Lipinski definition) is 1. The van der Waals surface area contributed by atoms with Crippen LogP contribution >= 0.6 is 0 Å². The van der Waals surface area contributed by atoms with Gasteiger partial charge in [-0.1, -0.05) is 13.8 Å². The summed E-state index contributed by atoms with van der Waals surface area (Å²) in [4.78, 5) is 2.64. The van der Waals surface area contributed by atoms with Crippen LogP contribution in [-0.4, -0.2) is 36.6 Å². The zero-order valence-electron chi connectivity index (χ0n) is 10.4. The van der Waals surface area contributed by atoms with Gasteiger partial charge in [0.2, 0.25) is 0 Å². The number of likely N-dealkylation sites (N-methyl/N-ethyl adjacent to an activating group) is 1. The first kappa shape index (κ1) is 12.0. The highest BCUT2D eigenvalue weighted by Gasteiger charge is 2.37. The van der Waals surface area contributed by atoms with Gasteiger partial charge in [-0.05, 0) is 46.2 Å². The molecular weight excluding hydrogens is 172 g/mol. The number of hydrogen-bond acceptors (Lipinski definition) is 2. The van der Waals surface area contributed by atoms with E-state index in [2.05, 4.69) is 45.0 Å². The molecule has 14 heavy (non-hydrogen) atoms. The summed E-state index contributed by atoms with van der Waals surface area (Å²) in [5.41, 5.74) is 0.317. The summed E-state index contributed by atoms with van der Waals surface area (Å²) in [5, 5.41) is 3.46. The molecule has 1 fully saturated rings. The lowest BCUT2D eigenvalue weighted by Crippen LogP contribution is -2.60. The van der Waals surface area contributed by atoms with Crippen molar-refractivity contribution in [1.29, 1.82) is 0 Å². The van der Waals surface area contributed by atoms with E-state index in [0.717, 1.165) is 5.92 Å². The molecule has 0 bridgehead atoms. The van der Waals surface area contributed by atoms with Crippen LogP contribution in [0.5, 0.6) is 0 Å². The second kappa shape index (κ2) is 4.63. The van der Waals surface area contributed by atoms with Gasteiger partial charge in [0.1, 0.15) is 0 Å². The van der Waals surface area contributed by atoms with Crippen molar-refractivity contribution in [2.45, 2.75) is 52.1 Å². The minimum atomic E-state index is 0.317. The van der Waals surface area contributed by atoms with E-state index in [4.69, 9.17) is 0 Å². The average Bonchev–Trinajstić information content (AvgIpc) is 2.07. The molecule has 2 heteroatoms. The molecule has 0 aromatic rings. The zero-order chi connectivity index (χ0) is 10.8. The van der Waals surface area contributed by atoms with Crippen LogP contribution in [0.3, 0.4) is 0 Å². The van der Waals surface area contributed by atoms with Crippen LogP contribution in [0, 0.1) is 5.92 Å². The lowest BCUT2D eigenvalue weighted by atomic mass is 9.84. The summed E-state index contributed by atoms with van der Waals surface area (Å²) in [7, 11) is 2.09. The molecular formula is C12H26N2. The van der Waals surface area contributed by atoms with E-state index in [-0.39, 0.29) is 0 Å². The maximum atomic E-state index is 3.46. The fraction of sp³-hybridized carbons (Fsp3) is 1.00. The Bertz CT molecular complexity index is 175. The van der Waals surface area contributed by atoms with E-state index in [1.165, 1.54) is 25.9 Å². The highest BCUT2D eigenvalue weighted by molar-refractivity contribution is 4.96. The van der Waals surface area contributed by atoms with Crippen molar-refractivity contribution in [2.75, 3.05) is 20.1 Å². The summed E-state index contributed by atoms with van der Waals surface area (Å²) >= 11 is 0. The SMILES string of the molecule is CNC1CCCN(CC(C)C)C1(C)C. The van der Waals surface area contributed by atoms with Crippen LogP contribution in [0.25, 0.3) is 0 Å². The van der Waals surface area contributed by atoms with Gasteiger partial charge in [-0.25, -0.2) is 0 Å². The first-order valence-electron chi connectivity index (χ1n) is 5.90. The third kappa shape index (κ3) is 2.48. The van der Waals surface area contributed by atoms with Gasteiger partial charge in [-0.2, -0.15) is 0 Å². The molecule has 0 saturated carbocycles. The standard InChI is InChI=1S/C12H26N2/c1-10(2)9-14-8-6-7-11(13-5)12(14,3)4/h10-11,13H,6-9H2,1-5H3. The molecule has 0 aliphatic carbocycles. The molecule has 1 aliphatic heterocycles. The third-order valence-corrected chi connectivity index (χ3v) is 3.52. The molecule has 1 N–H and O–H groups in total. The van der Waals surface area contributed by atoms with Gasteiger partial charge in [-0.3, -0.25) is 4.90 Å². The molecule has 1 saturated heterocycles. The van der Waals surface area contributed by atoms with E-state index in [1.807, 2.05) is 0 Å². The number of piperidine rings is 1. The van der Waals surface area contributed by atoms with E-state index in [0.29, 0.717) is 11.6 Å². The maximum absolute atomic E-state index is 3.46. The van der Waals surface area contributed by atoms with Crippen LogP contribution in [0.4, 0.5) is 0 Å². The van der Waals surface area contributed by atoms with Gasteiger partial charge in [0, 0.05) is 18.1 Å². The number of rotatable bonds is 3. The minimum Gasteiger partial charge on any atom is -0.315 e. The first-order valence-corrected chi connectivity index (χ1v) is 5.90. The van der Waals surface area contributed by atoms with Gasteiger partial charge in [0.05, 0.1) is 0 Å². The molecule has 0 spiro atoms. The third-order valence-electron chi connectivity index (χ3n) is 3.52. The van der Waals surface area contributed by atoms with E-state index in [1.54, 1.807) is 0 Å². The Morgan fingerprint density at radius 2 is 2.07 bits per heavy atom. The molecule has 0 amide bonds. The fourth-order valence-corrected chi connectivity index (χ4v) is 2.61. The van der Waals surface area contributed by atoms with Crippen molar-refractivity contribution >= 4 is 0 Å². The first-order chi connectivity index (χ1) is 6.48. The highest BCUT2D eigenvalue weighted by Crippen LogP contribution is 2.28. The summed E-state index contributed by atoms with van der Waals surface area (Å²) in [6.45, 7) is 11.8. The van der Waals surface area contributed by atoms with Gasteiger partial charge >= 0.3 is 0 Å². The quantitative estimate of drug-likeness (QED) is 0.747. The maximum Gasteiger partial charge on any atom is 0.0306 e. The summed E-state index contributed by atoms with van der Waals surface area (Å²) in [5.74, 6) is 0.768. The van der Waals surface area contributed by atoms with Crippen molar-refractivity contribution < 1.29 is 0 Å². The molecule has 1 heterocycles. The lowest BCUT2D eigenvalue weighted by Gasteiger charge is -2.48. The largest absolute Gasteiger partial charge is 0.315 e. The molecule has 0 aromatic carbocycles. The monoisotopic (exact) mass is 198 g/mol. The minimum absolute atomic E-state index is 0.317. The second-order valence-electron chi connectivity index (χ2n) is 5.48. The van der Waals surface area contributed by atoms with Crippen molar-refractivity contribution in [1.82, 2.24) is 10.2 Å². The average molecular weight is 198 g/mol. The Morgan fingerprint density at radius 1 is 1.43 bits per heavy atom. The van der Waals surface area contributed by atoms with Gasteiger partial charge in [-0.15, -0.1) is 0 Å². The van der Waals surface area contributed by atoms with Crippen LogP contribution in [0.1, 0.15) is 40.5 Å². The van der Waals surface area contributed by atoms with Crippen LogP contribution < -0.4 is 5.32 Å².